The minimum absolute atomic E-state index is 0.0819. The fourth-order valence-electron chi connectivity index (χ4n) is 3.23. The van der Waals surface area contributed by atoms with Gasteiger partial charge in [-0.2, -0.15) is 0 Å². The van der Waals surface area contributed by atoms with E-state index in [1.54, 1.807) is 18.2 Å². The monoisotopic (exact) mass is 438 g/mol. The number of amides is 4. The number of benzene rings is 1. The van der Waals surface area contributed by atoms with Gasteiger partial charge in [-0.1, -0.05) is 26.0 Å². The third-order valence-corrected chi connectivity index (χ3v) is 4.86. The van der Waals surface area contributed by atoms with E-state index in [0.717, 1.165) is 5.56 Å². The molecule has 0 radical (unpaired) electrons. The van der Waals surface area contributed by atoms with Gasteiger partial charge in [-0.05, 0) is 30.4 Å². The Bertz CT molecular complexity index is 814. The molecule has 1 heterocycles. The van der Waals surface area contributed by atoms with Gasteiger partial charge in [0, 0.05) is 18.7 Å². The Morgan fingerprint density at radius 1 is 1.30 bits per heavy atom. The average molecular weight is 439 g/mol. The van der Waals surface area contributed by atoms with Crippen LogP contribution in [0.3, 0.4) is 0 Å². The van der Waals surface area contributed by atoms with Crippen molar-refractivity contribution < 1.29 is 24.3 Å². The number of carboxylic acid groups (broad SMARTS) is 1. The summed E-state index contributed by atoms with van der Waals surface area (Å²) in [6.45, 7) is 3.74. The van der Waals surface area contributed by atoms with Crippen molar-refractivity contribution in [1.29, 1.82) is 0 Å². The topological polar surface area (TPSA) is 137 Å². The molecule has 4 amide bonds. The molecule has 1 aromatic carbocycles. The largest absolute Gasteiger partial charge is 0.465 e. The standard InChI is InChI=1S/C20H27ClN4O5/c1-11(2)9-14(24-20(29)30)18(27)23-15-10-12-5-3-6-13(17(12)25-19(15)28)22-16(26)7-4-8-21/h3,5-6,11,14-15,24H,4,7-10H2,1-2H3,(H,22,26)(H,23,27)(H,25,28)(H,29,30)/t14-,15?/m1/s1. The molecule has 5 N–H and O–H groups in total. The van der Waals surface area contributed by atoms with Crippen molar-refractivity contribution in [2.45, 2.75) is 51.6 Å². The maximum Gasteiger partial charge on any atom is 0.405 e. The van der Waals surface area contributed by atoms with Crippen molar-refractivity contribution in [2.24, 2.45) is 5.92 Å². The Hall–Kier alpha value is -2.81. The number of carbonyl (C=O) groups is 4. The maximum atomic E-state index is 12.6. The van der Waals surface area contributed by atoms with Gasteiger partial charge in [0.05, 0.1) is 11.4 Å². The minimum atomic E-state index is -1.30. The SMILES string of the molecule is CC(C)C[C@@H](NC(=O)O)C(=O)NC1Cc2cccc(NC(=O)CCCCl)c2NC1=O. The van der Waals surface area contributed by atoms with E-state index in [2.05, 4.69) is 21.3 Å². The molecule has 164 valence electrons. The highest BCUT2D eigenvalue weighted by atomic mass is 35.5. The number of fused-ring (bicyclic) bond motifs is 1. The highest BCUT2D eigenvalue weighted by Crippen LogP contribution is 2.31. The second-order valence-corrected chi connectivity index (χ2v) is 7.94. The summed E-state index contributed by atoms with van der Waals surface area (Å²) >= 11 is 5.61. The number of halogens is 1. The van der Waals surface area contributed by atoms with Crippen LogP contribution in [0.1, 0.15) is 38.7 Å². The summed E-state index contributed by atoms with van der Waals surface area (Å²) < 4.78 is 0. The molecule has 0 spiro atoms. The highest BCUT2D eigenvalue weighted by Gasteiger charge is 2.32. The van der Waals surface area contributed by atoms with Gasteiger partial charge in [0.1, 0.15) is 12.1 Å². The molecule has 0 aromatic heterocycles. The lowest BCUT2D eigenvalue weighted by Gasteiger charge is -2.28. The molecule has 0 fully saturated rings. The maximum absolute atomic E-state index is 12.6. The summed E-state index contributed by atoms with van der Waals surface area (Å²) in [7, 11) is 0. The minimum Gasteiger partial charge on any atom is -0.465 e. The van der Waals surface area contributed by atoms with Crippen LogP contribution in [0.4, 0.5) is 16.2 Å². The van der Waals surface area contributed by atoms with Gasteiger partial charge < -0.3 is 26.4 Å². The van der Waals surface area contributed by atoms with E-state index < -0.39 is 30.0 Å². The Morgan fingerprint density at radius 2 is 2.03 bits per heavy atom. The van der Waals surface area contributed by atoms with E-state index in [4.69, 9.17) is 16.7 Å². The molecule has 2 rings (SSSR count). The van der Waals surface area contributed by atoms with E-state index >= 15 is 0 Å². The number of carbonyl (C=O) groups excluding carboxylic acids is 3. The van der Waals surface area contributed by atoms with E-state index in [-0.39, 0.29) is 24.7 Å². The van der Waals surface area contributed by atoms with Crippen LogP contribution in [0.5, 0.6) is 0 Å². The third kappa shape index (κ3) is 6.62. The lowest BCUT2D eigenvalue weighted by Crippen LogP contribution is -2.54. The molecule has 2 atom stereocenters. The van der Waals surface area contributed by atoms with Gasteiger partial charge in [0.15, 0.2) is 0 Å². The highest BCUT2D eigenvalue weighted by molar-refractivity contribution is 6.18. The number of hydrogen-bond donors (Lipinski definition) is 5. The van der Waals surface area contributed by atoms with Crippen LogP contribution in [0.2, 0.25) is 0 Å². The fraction of sp³-hybridized carbons (Fsp3) is 0.500. The average Bonchev–Trinajstić information content (AvgIpc) is 2.66. The Labute approximate surface area is 179 Å². The van der Waals surface area contributed by atoms with Gasteiger partial charge in [0.25, 0.3) is 0 Å². The summed E-state index contributed by atoms with van der Waals surface area (Å²) in [5, 5.41) is 19.3. The van der Waals surface area contributed by atoms with E-state index in [1.807, 2.05) is 13.8 Å². The fourth-order valence-corrected chi connectivity index (χ4v) is 3.36. The smallest absolute Gasteiger partial charge is 0.405 e. The molecule has 10 heteroatoms. The van der Waals surface area contributed by atoms with Crippen LogP contribution in [0.25, 0.3) is 0 Å². The molecule has 1 unspecified atom stereocenters. The molecule has 9 nitrogen and oxygen atoms in total. The first-order chi connectivity index (χ1) is 14.2. The molecule has 1 aliphatic rings. The Morgan fingerprint density at radius 3 is 2.67 bits per heavy atom. The normalized spacial score (nSPS) is 16.3. The van der Waals surface area contributed by atoms with Crippen molar-refractivity contribution in [3.8, 4) is 0 Å². The number of para-hydroxylation sites is 1. The molecule has 1 aliphatic heterocycles. The van der Waals surface area contributed by atoms with Crippen LogP contribution in [0.15, 0.2) is 18.2 Å². The van der Waals surface area contributed by atoms with E-state index in [1.165, 1.54) is 0 Å². The molecular formula is C20H27ClN4O5. The summed E-state index contributed by atoms with van der Waals surface area (Å²) in [6.07, 6.45) is 0.0449. The lowest BCUT2D eigenvalue weighted by atomic mass is 9.96. The van der Waals surface area contributed by atoms with Crippen molar-refractivity contribution in [1.82, 2.24) is 10.6 Å². The lowest BCUT2D eigenvalue weighted by molar-refractivity contribution is -0.128. The zero-order chi connectivity index (χ0) is 22.3. The molecule has 30 heavy (non-hydrogen) atoms. The summed E-state index contributed by atoms with van der Waals surface area (Å²) in [5.41, 5.74) is 1.73. The van der Waals surface area contributed by atoms with Crippen molar-refractivity contribution in [3.05, 3.63) is 23.8 Å². The van der Waals surface area contributed by atoms with Gasteiger partial charge in [-0.25, -0.2) is 4.79 Å². The predicted octanol–water partition coefficient (Wildman–Crippen LogP) is 2.31. The van der Waals surface area contributed by atoms with E-state index in [9.17, 15) is 19.2 Å². The number of nitrogens with one attached hydrogen (secondary N) is 4. The first-order valence-corrected chi connectivity index (χ1v) is 10.3. The summed E-state index contributed by atoms with van der Waals surface area (Å²) in [6, 6.07) is 3.43. The molecular weight excluding hydrogens is 412 g/mol. The second kappa shape index (κ2) is 10.8. The van der Waals surface area contributed by atoms with Crippen molar-refractivity contribution >= 4 is 46.8 Å². The second-order valence-electron chi connectivity index (χ2n) is 7.57. The zero-order valence-corrected chi connectivity index (χ0v) is 17.7. The quantitative estimate of drug-likeness (QED) is 0.377. The number of anilines is 2. The van der Waals surface area contributed by atoms with Crippen LogP contribution >= 0.6 is 11.6 Å². The number of rotatable bonds is 9. The third-order valence-electron chi connectivity index (χ3n) is 4.59. The van der Waals surface area contributed by atoms with Crippen LogP contribution < -0.4 is 21.3 Å². The molecule has 0 saturated carbocycles. The Kier molecular flexibility index (Phi) is 8.46. The van der Waals surface area contributed by atoms with E-state index in [0.29, 0.717) is 30.1 Å². The Balaban J connectivity index is 2.11. The number of hydrogen-bond acceptors (Lipinski definition) is 4. The molecule has 1 aromatic rings. The molecule has 0 bridgehead atoms. The first kappa shape index (κ1) is 23.5. The molecule has 0 aliphatic carbocycles. The van der Waals surface area contributed by atoms with Crippen LogP contribution in [0, 0.1) is 5.92 Å². The van der Waals surface area contributed by atoms with Crippen molar-refractivity contribution in [3.63, 3.8) is 0 Å². The van der Waals surface area contributed by atoms with Gasteiger partial charge in [-0.15, -0.1) is 11.6 Å². The first-order valence-electron chi connectivity index (χ1n) is 9.79. The summed E-state index contributed by atoms with van der Waals surface area (Å²) in [5.74, 6) is -0.729. The van der Waals surface area contributed by atoms with Crippen LogP contribution in [-0.4, -0.2) is 46.9 Å². The van der Waals surface area contributed by atoms with Gasteiger partial charge in [0.2, 0.25) is 17.7 Å². The predicted molar refractivity (Wildman–Crippen MR) is 114 cm³/mol. The summed E-state index contributed by atoms with van der Waals surface area (Å²) in [4.78, 5) is 48.1. The number of alkyl halides is 1. The van der Waals surface area contributed by atoms with Gasteiger partial charge >= 0.3 is 6.09 Å². The van der Waals surface area contributed by atoms with Gasteiger partial charge in [-0.3, -0.25) is 14.4 Å². The zero-order valence-electron chi connectivity index (χ0n) is 17.0. The van der Waals surface area contributed by atoms with Crippen LogP contribution in [-0.2, 0) is 20.8 Å². The van der Waals surface area contributed by atoms with Crippen molar-refractivity contribution in [2.75, 3.05) is 16.5 Å². The molecule has 0 saturated heterocycles.